The van der Waals surface area contributed by atoms with E-state index in [1.165, 1.54) is 17.0 Å². The molecule has 0 bridgehead atoms. The Kier molecular flexibility index (Phi) is 10.2. The fourth-order valence-electron chi connectivity index (χ4n) is 3.94. The molecule has 1 N–H and O–H groups in total. The largest absolute Gasteiger partial charge is 0.354 e. The van der Waals surface area contributed by atoms with Gasteiger partial charge in [-0.05, 0) is 34.7 Å². The van der Waals surface area contributed by atoms with Crippen LogP contribution < -0.4 is 5.32 Å². The van der Waals surface area contributed by atoms with E-state index in [0.717, 1.165) is 16.1 Å². The van der Waals surface area contributed by atoms with Gasteiger partial charge in [0.15, 0.2) is 0 Å². The van der Waals surface area contributed by atoms with Gasteiger partial charge in [-0.25, -0.2) is 12.8 Å². The van der Waals surface area contributed by atoms with E-state index in [9.17, 15) is 22.4 Å². The predicted molar refractivity (Wildman–Crippen MR) is 146 cm³/mol. The van der Waals surface area contributed by atoms with Crippen LogP contribution in [0.4, 0.5) is 4.39 Å². The zero-order valence-electron chi connectivity index (χ0n) is 21.9. The Balaban J connectivity index is 2.01. The number of carbonyl (C=O) groups excluding carboxylic acids is 2. The molecular weight excluding hydrogens is 505 g/mol. The number of hydrogen-bond donors (Lipinski definition) is 1. The van der Waals surface area contributed by atoms with E-state index in [2.05, 4.69) is 5.32 Å². The van der Waals surface area contributed by atoms with Crippen LogP contribution in [0.5, 0.6) is 0 Å². The first-order valence-corrected chi connectivity index (χ1v) is 14.2. The van der Waals surface area contributed by atoms with Crippen LogP contribution in [-0.4, -0.2) is 48.8 Å². The van der Waals surface area contributed by atoms with Crippen molar-refractivity contribution in [1.29, 1.82) is 0 Å². The number of benzene rings is 3. The molecule has 0 saturated heterocycles. The smallest absolute Gasteiger partial charge is 0.247 e. The summed E-state index contributed by atoms with van der Waals surface area (Å²) in [6.07, 6.45) is 1.05. The minimum Gasteiger partial charge on any atom is -0.354 e. The van der Waals surface area contributed by atoms with E-state index in [4.69, 9.17) is 0 Å². The average molecular weight is 540 g/mol. The Morgan fingerprint density at radius 2 is 1.39 bits per heavy atom. The van der Waals surface area contributed by atoms with Crippen molar-refractivity contribution in [1.82, 2.24) is 14.5 Å². The fraction of sp³-hybridized carbons (Fsp3) is 0.310. The normalized spacial score (nSPS) is 12.4. The Morgan fingerprint density at radius 3 is 1.95 bits per heavy atom. The maximum absolute atomic E-state index is 13.9. The molecule has 2 amide bonds. The van der Waals surface area contributed by atoms with Crippen LogP contribution in [0.15, 0.2) is 84.9 Å². The zero-order valence-corrected chi connectivity index (χ0v) is 22.7. The Morgan fingerprint density at radius 1 is 0.842 bits per heavy atom. The summed E-state index contributed by atoms with van der Waals surface area (Å²) in [5.41, 5.74) is 1.91. The highest BCUT2D eigenvalue weighted by molar-refractivity contribution is 7.88. The second kappa shape index (κ2) is 13.3. The van der Waals surface area contributed by atoms with Crippen molar-refractivity contribution in [3.05, 3.63) is 107 Å². The van der Waals surface area contributed by atoms with Crippen LogP contribution in [-0.2, 0) is 32.7 Å². The third-order valence-electron chi connectivity index (χ3n) is 5.93. The number of nitrogens with one attached hydrogen (secondary N) is 1. The second-order valence-corrected chi connectivity index (χ2v) is 11.6. The molecule has 3 aromatic carbocycles. The van der Waals surface area contributed by atoms with Crippen molar-refractivity contribution in [2.75, 3.05) is 19.3 Å². The van der Waals surface area contributed by atoms with Crippen molar-refractivity contribution < 1.29 is 22.4 Å². The molecule has 0 aromatic heterocycles. The molecule has 0 saturated carbocycles. The minimum atomic E-state index is -3.77. The predicted octanol–water partition coefficient (Wildman–Crippen LogP) is 4.13. The lowest BCUT2D eigenvalue weighted by atomic mass is 10.0. The summed E-state index contributed by atoms with van der Waals surface area (Å²) in [6, 6.07) is 22.5. The molecule has 38 heavy (non-hydrogen) atoms. The number of nitrogens with zero attached hydrogens (tertiary/aromatic N) is 2. The summed E-state index contributed by atoms with van der Waals surface area (Å²) in [5.74, 6) is -1.17. The third-order valence-corrected chi connectivity index (χ3v) is 7.13. The zero-order chi connectivity index (χ0) is 27.7. The molecule has 7 nitrogen and oxygen atoms in total. The number of hydrogen-bond acceptors (Lipinski definition) is 4. The summed E-state index contributed by atoms with van der Waals surface area (Å²) >= 11 is 0. The van der Waals surface area contributed by atoms with E-state index in [1.807, 2.05) is 26.0 Å². The summed E-state index contributed by atoms with van der Waals surface area (Å²) in [4.78, 5) is 28.8. The number of amides is 2. The van der Waals surface area contributed by atoms with Crippen LogP contribution in [0.25, 0.3) is 0 Å². The average Bonchev–Trinajstić information content (AvgIpc) is 2.88. The summed E-state index contributed by atoms with van der Waals surface area (Å²) in [7, 11) is -3.77. The van der Waals surface area contributed by atoms with Gasteiger partial charge >= 0.3 is 0 Å². The Labute approximate surface area is 224 Å². The molecule has 0 aliphatic carbocycles. The first kappa shape index (κ1) is 29.0. The summed E-state index contributed by atoms with van der Waals surface area (Å²) in [5, 5.41) is 2.91. The van der Waals surface area contributed by atoms with Crippen LogP contribution >= 0.6 is 0 Å². The minimum absolute atomic E-state index is 0.00531. The van der Waals surface area contributed by atoms with Gasteiger partial charge < -0.3 is 10.2 Å². The van der Waals surface area contributed by atoms with Gasteiger partial charge in [-0.2, -0.15) is 4.31 Å². The fourth-order valence-corrected chi connectivity index (χ4v) is 4.67. The monoisotopic (exact) mass is 539 g/mol. The van der Waals surface area contributed by atoms with E-state index in [0.29, 0.717) is 17.7 Å². The van der Waals surface area contributed by atoms with Crippen molar-refractivity contribution in [3.8, 4) is 0 Å². The van der Waals surface area contributed by atoms with E-state index >= 15 is 0 Å². The molecule has 0 radical (unpaired) electrons. The van der Waals surface area contributed by atoms with E-state index in [1.54, 1.807) is 60.7 Å². The first-order chi connectivity index (χ1) is 18.0. The number of sulfonamides is 1. The van der Waals surface area contributed by atoms with Gasteiger partial charge in [0.25, 0.3) is 0 Å². The first-order valence-electron chi connectivity index (χ1n) is 12.4. The van der Waals surface area contributed by atoms with E-state index in [-0.39, 0.29) is 24.9 Å². The molecule has 0 heterocycles. The maximum Gasteiger partial charge on any atom is 0.247 e. The van der Waals surface area contributed by atoms with Crippen molar-refractivity contribution in [2.45, 2.75) is 33.0 Å². The molecule has 0 aliphatic heterocycles. The van der Waals surface area contributed by atoms with Crippen LogP contribution in [0.3, 0.4) is 0 Å². The molecule has 0 aliphatic rings. The standard InChI is InChI=1S/C29H34FN3O4S/c1-22(2)18-31-29(35)28(25-12-8-5-9-13-25)33(20-24-14-16-26(30)17-15-24)27(34)21-32(38(3,36)37)19-23-10-6-4-7-11-23/h4-17,22,28H,18-21H2,1-3H3,(H,31,35)/t28-/m1/s1. The van der Waals surface area contributed by atoms with Gasteiger partial charge in [0.05, 0.1) is 12.8 Å². The van der Waals surface area contributed by atoms with Crippen molar-refractivity contribution in [2.24, 2.45) is 5.92 Å². The molecule has 0 unspecified atom stereocenters. The number of rotatable bonds is 12. The highest BCUT2D eigenvalue weighted by Gasteiger charge is 2.33. The SMILES string of the molecule is CC(C)CNC(=O)[C@@H](c1ccccc1)N(Cc1ccc(F)cc1)C(=O)CN(Cc1ccccc1)S(C)(=O)=O. The molecule has 9 heteroatoms. The lowest BCUT2D eigenvalue weighted by Crippen LogP contribution is -2.48. The molecule has 0 spiro atoms. The summed E-state index contributed by atoms with van der Waals surface area (Å²) in [6.45, 7) is 3.86. The molecule has 1 atom stereocenters. The summed E-state index contributed by atoms with van der Waals surface area (Å²) < 4.78 is 40.0. The van der Waals surface area contributed by atoms with Crippen molar-refractivity contribution in [3.63, 3.8) is 0 Å². The number of carbonyl (C=O) groups is 2. The van der Waals surface area contributed by atoms with Crippen LogP contribution in [0, 0.1) is 11.7 Å². The third kappa shape index (κ3) is 8.49. The lowest BCUT2D eigenvalue weighted by molar-refractivity contribution is -0.141. The Hall–Kier alpha value is -3.56. The highest BCUT2D eigenvalue weighted by atomic mass is 32.2. The topological polar surface area (TPSA) is 86.8 Å². The van der Waals surface area contributed by atoms with Gasteiger partial charge in [-0.15, -0.1) is 0 Å². The van der Waals surface area contributed by atoms with Gasteiger partial charge in [0.2, 0.25) is 21.8 Å². The second-order valence-electron chi connectivity index (χ2n) is 9.62. The molecule has 202 valence electrons. The highest BCUT2D eigenvalue weighted by Crippen LogP contribution is 2.25. The molecule has 3 rings (SSSR count). The van der Waals surface area contributed by atoms with Gasteiger partial charge in [0, 0.05) is 19.6 Å². The maximum atomic E-state index is 13.9. The van der Waals surface area contributed by atoms with Gasteiger partial charge in [-0.1, -0.05) is 86.6 Å². The quantitative estimate of drug-likeness (QED) is 0.375. The molecule has 0 fully saturated rings. The van der Waals surface area contributed by atoms with Gasteiger partial charge in [-0.3, -0.25) is 9.59 Å². The Bertz CT molecular complexity index is 1300. The van der Waals surface area contributed by atoms with Gasteiger partial charge in [0.1, 0.15) is 11.9 Å². The molecule has 3 aromatic rings. The van der Waals surface area contributed by atoms with Crippen LogP contribution in [0.1, 0.15) is 36.6 Å². The number of halogens is 1. The molecular formula is C29H34FN3O4S. The lowest BCUT2D eigenvalue weighted by Gasteiger charge is -2.33. The van der Waals surface area contributed by atoms with Crippen molar-refractivity contribution >= 4 is 21.8 Å². The van der Waals surface area contributed by atoms with Crippen LogP contribution in [0.2, 0.25) is 0 Å². The van der Waals surface area contributed by atoms with E-state index < -0.39 is 34.3 Å².